The first-order chi connectivity index (χ1) is 8.32. The first kappa shape index (κ1) is 15.5. The summed E-state index contributed by atoms with van der Waals surface area (Å²) in [7, 11) is 1.81. The van der Waals surface area contributed by atoms with Gasteiger partial charge in [0.15, 0.2) is 0 Å². The lowest BCUT2D eigenvalue weighted by atomic mass is 10.2. The molecule has 18 heavy (non-hydrogen) atoms. The van der Waals surface area contributed by atoms with Gasteiger partial charge in [-0.3, -0.25) is 4.79 Å². The van der Waals surface area contributed by atoms with Crippen molar-refractivity contribution in [2.45, 2.75) is 26.8 Å². The molecule has 3 nitrogen and oxygen atoms in total. The van der Waals surface area contributed by atoms with E-state index in [1.807, 2.05) is 40.0 Å². The zero-order chi connectivity index (χ0) is 13.9. The quantitative estimate of drug-likeness (QED) is 0.865. The summed E-state index contributed by atoms with van der Waals surface area (Å²) in [6, 6.07) is 4.25. The lowest BCUT2D eigenvalue weighted by molar-refractivity contribution is -0.129. The second-order valence-corrected chi connectivity index (χ2v) is 6.26. The Morgan fingerprint density at radius 2 is 1.83 bits per heavy atom. The van der Waals surface area contributed by atoms with Gasteiger partial charge < -0.3 is 10.2 Å². The second kappa shape index (κ2) is 6.57. The average Bonchev–Trinajstić information content (AvgIpc) is 2.25. The number of halogens is 2. The number of rotatable bonds is 4. The van der Waals surface area contributed by atoms with Crippen LogP contribution in [0.25, 0.3) is 0 Å². The van der Waals surface area contributed by atoms with Crippen molar-refractivity contribution in [1.29, 1.82) is 0 Å². The minimum atomic E-state index is 0.0735. The maximum Gasteiger partial charge on any atom is 0.241 e. The number of nitrogens with zero attached hydrogens (tertiary/aromatic N) is 1. The van der Waals surface area contributed by atoms with Crippen molar-refractivity contribution in [3.63, 3.8) is 0 Å². The molecule has 0 saturated heterocycles. The number of hydrogen-bond acceptors (Lipinski definition) is 2. The average molecular weight is 378 g/mol. The lowest BCUT2D eigenvalue weighted by Crippen LogP contribution is -2.37. The van der Waals surface area contributed by atoms with E-state index in [9.17, 15) is 4.79 Å². The Hall–Kier alpha value is -0.550. The molecule has 0 aliphatic carbocycles. The van der Waals surface area contributed by atoms with E-state index in [4.69, 9.17) is 0 Å². The van der Waals surface area contributed by atoms with E-state index < -0.39 is 0 Å². The van der Waals surface area contributed by atoms with Crippen LogP contribution in [-0.2, 0) is 4.79 Å². The van der Waals surface area contributed by atoms with Gasteiger partial charge in [-0.25, -0.2) is 0 Å². The third-order valence-corrected chi connectivity index (χ3v) is 4.02. The first-order valence-electron chi connectivity index (χ1n) is 5.78. The summed E-state index contributed by atoms with van der Waals surface area (Å²) in [6.07, 6.45) is 0. The summed E-state index contributed by atoms with van der Waals surface area (Å²) in [5, 5.41) is 3.16. The number of amides is 1. The Balaban J connectivity index is 2.73. The Bertz CT molecular complexity index is 424. The van der Waals surface area contributed by atoms with Crippen molar-refractivity contribution >= 4 is 43.5 Å². The van der Waals surface area contributed by atoms with Crippen molar-refractivity contribution in [3.05, 3.63) is 26.6 Å². The molecule has 0 radical (unpaired) electrons. The second-order valence-electron chi connectivity index (χ2n) is 4.56. The van der Waals surface area contributed by atoms with Gasteiger partial charge in [0.1, 0.15) is 0 Å². The molecule has 0 spiro atoms. The number of hydrogen-bond donors (Lipinski definition) is 1. The van der Waals surface area contributed by atoms with Crippen molar-refractivity contribution in [2.75, 3.05) is 18.9 Å². The Kier molecular flexibility index (Phi) is 5.66. The Labute approximate surface area is 125 Å². The summed E-state index contributed by atoms with van der Waals surface area (Å²) < 4.78 is 1.91. The van der Waals surface area contributed by atoms with Gasteiger partial charge in [-0.15, -0.1) is 0 Å². The first-order valence-corrected chi connectivity index (χ1v) is 7.36. The number of benzene rings is 1. The highest BCUT2D eigenvalue weighted by Gasteiger charge is 2.13. The minimum absolute atomic E-state index is 0.0735. The molecule has 0 aliphatic heterocycles. The molecule has 1 amide bonds. The van der Waals surface area contributed by atoms with Crippen LogP contribution in [0.5, 0.6) is 0 Å². The predicted octanol–water partition coefficient (Wildman–Crippen LogP) is 3.80. The molecule has 1 N–H and O–H groups in total. The fourth-order valence-electron chi connectivity index (χ4n) is 1.45. The van der Waals surface area contributed by atoms with Gasteiger partial charge >= 0.3 is 0 Å². The van der Waals surface area contributed by atoms with E-state index in [-0.39, 0.29) is 18.5 Å². The molecule has 1 rings (SSSR count). The highest BCUT2D eigenvalue weighted by molar-refractivity contribution is 9.11. The molecule has 1 aromatic rings. The fourth-order valence-corrected chi connectivity index (χ4v) is 3.14. The summed E-state index contributed by atoms with van der Waals surface area (Å²) in [5.41, 5.74) is 2.07. The molecular weight excluding hydrogens is 360 g/mol. The maximum absolute atomic E-state index is 11.9. The summed E-state index contributed by atoms with van der Waals surface area (Å²) in [4.78, 5) is 13.6. The normalized spacial score (nSPS) is 10.6. The highest BCUT2D eigenvalue weighted by atomic mass is 79.9. The van der Waals surface area contributed by atoms with Gasteiger partial charge in [0.2, 0.25) is 5.91 Å². The van der Waals surface area contributed by atoms with E-state index in [0.717, 1.165) is 20.2 Å². The van der Waals surface area contributed by atoms with Crippen LogP contribution in [0.2, 0.25) is 0 Å². The van der Waals surface area contributed by atoms with Crippen LogP contribution in [0.3, 0.4) is 0 Å². The minimum Gasteiger partial charge on any atom is -0.374 e. The topological polar surface area (TPSA) is 32.3 Å². The predicted molar refractivity (Wildman–Crippen MR) is 83.0 cm³/mol. The van der Waals surface area contributed by atoms with Crippen molar-refractivity contribution < 1.29 is 4.79 Å². The Morgan fingerprint density at radius 3 is 2.28 bits per heavy atom. The monoisotopic (exact) mass is 376 g/mol. The van der Waals surface area contributed by atoms with Crippen LogP contribution < -0.4 is 5.32 Å². The lowest BCUT2D eigenvalue weighted by Gasteiger charge is -2.22. The molecule has 0 aliphatic rings. The van der Waals surface area contributed by atoms with Gasteiger partial charge in [0, 0.05) is 22.0 Å². The summed E-state index contributed by atoms with van der Waals surface area (Å²) in [6.45, 7) is 6.30. The fraction of sp³-hybridized carbons (Fsp3) is 0.462. The van der Waals surface area contributed by atoms with Crippen molar-refractivity contribution in [3.8, 4) is 0 Å². The number of carbonyl (C=O) groups excluding carboxylic acids is 1. The molecule has 0 aromatic heterocycles. The van der Waals surface area contributed by atoms with Crippen LogP contribution >= 0.6 is 31.9 Å². The molecule has 0 bridgehead atoms. The van der Waals surface area contributed by atoms with Crippen molar-refractivity contribution in [2.24, 2.45) is 0 Å². The molecule has 0 unspecified atom stereocenters. The molecule has 1 aromatic carbocycles. The third kappa shape index (κ3) is 3.99. The smallest absolute Gasteiger partial charge is 0.241 e. The van der Waals surface area contributed by atoms with Gasteiger partial charge in [-0.1, -0.05) is 0 Å². The van der Waals surface area contributed by atoms with E-state index in [2.05, 4.69) is 37.2 Å². The molecule has 0 saturated carbocycles. The van der Waals surface area contributed by atoms with E-state index in [1.54, 1.807) is 4.90 Å². The molecule has 5 heteroatoms. The van der Waals surface area contributed by atoms with Crippen LogP contribution in [0, 0.1) is 6.92 Å². The number of carbonyl (C=O) groups is 1. The maximum atomic E-state index is 11.9. The molecule has 0 atom stereocenters. The van der Waals surface area contributed by atoms with E-state index in [0.29, 0.717) is 0 Å². The Morgan fingerprint density at radius 1 is 1.33 bits per heavy atom. The number of anilines is 1. The SMILES string of the molecule is Cc1cc(Br)c(NCC(=O)N(C)C(C)C)c(Br)c1. The zero-order valence-electron chi connectivity index (χ0n) is 11.1. The molecule has 0 fully saturated rings. The molecule has 100 valence electrons. The largest absolute Gasteiger partial charge is 0.374 e. The number of likely N-dealkylation sites (N-methyl/N-ethyl adjacent to an activating group) is 1. The van der Waals surface area contributed by atoms with Crippen LogP contribution in [0.4, 0.5) is 5.69 Å². The van der Waals surface area contributed by atoms with Gasteiger partial charge in [-0.2, -0.15) is 0 Å². The van der Waals surface area contributed by atoms with Crippen molar-refractivity contribution in [1.82, 2.24) is 4.90 Å². The van der Waals surface area contributed by atoms with Gasteiger partial charge in [0.25, 0.3) is 0 Å². The molecule has 0 heterocycles. The van der Waals surface area contributed by atoms with Crippen LogP contribution in [0.1, 0.15) is 19.4 Å². The summed E-state index contributed by atoms with van der Waals surface area (Å²) >= 11 is 6.99. The van der Waals surface area contributed by atoms with Gasteiger partial charge in [0.05, 0.1) is 12.2 Å². The zero-order valence-corrected chi connectivity index (χ0v) is 14.2. The van der Waals surface area contributed by atoms with E-state index in [1.165, 1.54) is 0 Å². The number of aryl methyl sites for hydroxylation is 1. The summed E-state index contributed by atoms with van der Waals surface area (Å²) in [5.74, 6) is 0.0735. The standard InChI is InChI=1S/C13H18Br2N2O/c1-8(2)17(4)12(18)7-16-13-10(14)5-9(3)6-11(13)15/h5-6,8,16H,7H2,1-4H3. The van der Waals surface area contributed by atoms with Crippen LogP contribution in [-0.4, -0.2) is 30.4 Å². The molecular formula is C13H18Br2N2O. The van der Waals surface area contributed by atoms with Crippen LogP contribution in [0.15, 0.2) is 21.1 Å². The van der Waals surface area contributed by atoms with Gasteiger partial charge in [-0.05, 0) is 70.3 Å². The third-order valence-electron chi connectivity index (χ3n) is 2.77. The number of nitrogens with one attached hydrogen (secondary N) is 1. The highest BCUT2D eigenvalue weighted by Crippen LogP contribution is 2.32. The van der Waals surface area contributed by atoms with E-state index >= 15 is 0 Å².